The Kier molecular flexibility index (Phi) is 5.37. The predicted octanol–water partition coefficient (Wildman–Crippen LogP) is 2.87. The number of aryl methyl sites for hydroxylation is 1. The highest BCUT2D eigenvalue weighted by Crippen LogP contribution is 2.13. The Balaban J connectivity index is 0.000000561. The molecule has 1 aromatic heterocycles. The Morgan fingerprint density at radius 2 is 2.00 bits per heavy atom. The number of carbonyl (C=O) groups excluding carboxylic acids is 1. The van der Waals surface area contributed by atoms with Crippen LogP contribution in [0.15, 0.2) is 10.8 Å². The lowest BCUT2D eigenvalue weighted by atomic mass is 10.2. The lowest BCUT2D eigenvalue weighted by Crippen LogP contribution is -2.00. The van der Waals surface area contributed by atoms with E-state index in [9.17, 15) is 4.79 Å². The molecule has 1 rings (SSSR count). The summed E-state index contributed by atoms with van der Waals surface area (Å²) in [5, 5.41) is 3.72. The summed E-state index contributed by atoms with van der Waals surface area (Å²) in [5.41, 5.74) is 1.66. The monoisotopic (exact) mass is 186 g/mol. The highest BCUT2D eigenvalue weighted by atomic mass is 32.1. The average Bonchev–Trinajstić information content (AvgIpc) is 2.54. The van der Waals surface area contributed by atoms with Crippen LogP contribution in [0.4, 0.5) is 0 Å². The molecule has 3 heteroatoms. The van der Waals surface area contributed by atoms with E-state index < -0.39 is 0 Å². The van der Waals surface area contributed by atoms with Gasteiger partial charge >= 0.3 is 5.97 Å². The van der Waals surface area contributed by atoms with Crippen molar-refractivity contribution in [3.05, 3.63) is 21.9 Å². The SMILES string of the molecule is CC.COC(=O)c1cscc1C. The predicted molar refractivity (Wildman–Crippen MR) is 51.7 cm³/mol. The molecule has 0 aromatic carbocycles. The van der Waals surface area contributed by atoms with E-state index >= 15 is 0 Å². The highest BCUT2D eigenvalue weighted by Gasteiger charge is 2.07. The minimum Gasteiger partial charge on any atom is -0.465 e. The number of hydrogen-bond donors (Lipinski definition) is 0. The zero-order valence-electron chi connectivity index (χ0n) is 7.88. The maximum absolute atomic E-state index is 10.9. The summed E-state index contributed by atoms with van der Waals surface area (Å²) in [4.78, 5) is 10.9. The first kappa shape index (κ1) is 11.2. The van der Waals surface area contributed by atoms with Gasteiger partial charge in [0.15, 0.2) is 0 Å². The van der Waals surface area contributed by atoms with E-state index in [2.05, 4.69) is 4.74 Å². The topological polar surface area (TPSA) is 26.3 Å². The summed E-state index contributed by atoms with van der Waals surface area (Å²) in [6.45, 7) is 5.89. The largest absolute Gasteiger partial charge is 0.465 e. The smallest absolute Gasteiger partial charge is 0.338 e. The Bertz CT molecular complexity index is 240. The van der Waals surface area contributed by atoms with Crippen molar-refractivity contribution < 1.29 is 9.53 Å². The van der Waals surface area contributed by atoms with E-state index in [1.54, 1.807) is 5.38 Å². The second-order valence-corrected chi connectivity index (χ2v) is 2.70. The summed E-state index contributed by atoms with van der Waals surface area (Å²) in [6.07, 6.45) is 0. The first-order chi connectivity index (χ1) is 5.75. The van der Waals surface area contributed by atoms with Gasteiger partial charge in [0.25, 0.3) is 0 Å². The molecule has 0 aliphatic heterocycles. The van der Waals surface area contributed by atoms with Crippen LogP contribution in [-0.2, 0) is 4.74 Å². The fourth-order valence-electron chi connectivity index (χ4n) is 0.680. The van der Waals surface area contributed by atoms with Gasteiger partial charge in [0, 0.05) is 5.38 Å². The van der Waals surface area contributed by atoms with Gasteiger partial charge < -0.3 is 4.74 Å². The number of methoxy groups -OCH3 is 1. The van der Waals surface area contributed by atoms with E-state index in [1.165, 1.54) is 18.4 Å². The fraction of sp³-hybridized carbons (Fsp3) is 0.444. The van der Waals surface area contributed by atoms with E-state index in [-0.39, 0.29) is 5.97 Å². The van der Waals surface area contributed by atoms with Gasteiger partial charge in [0.1, 0.15) is 0 Å². The summed E-state index contributed by atoms with van der Waals surface area (Å²) in [7, 11) is 1.39. The van der Waals surface area contributed by atoms with Gasteiger partial charge in [-0.3, -0.25) is 0 Å². The minimum atomic E-state index is -0.251. The third-order valence-electron chi connectivity index (χ3n) is 1.26. The molecule has 0 unspecified atom stereocenters. The number of hydrogen-bond acceptors (Lipinski definition) is 3. The molecule has 0 atom stereocenters. The molecule has 0 spiro atoms. The fourth-order valence-corrected chi connectivity index (χ4v) is 1.50. The molecule has 0 aliphatic rings. The van der Waals surface area contributed by atoms with Crippen molar-refractivity contribution in [3.8, 4) is 0 Å². The van der Waals surface area contributed by atoms with Crippen LogP contribution in [0.5, 0.6) is 0 Å². The Labute approximate surface area is 77.2 Å². The van der Waals surface area contributed by atoms with Crippen molar-refractivity contribution in [2.24, 2.45) is 0 Å². The quantitative estimate of drug-likeness (QED) is 0.630. The lowest BCUT2D eigenvalue weighted by molar-refractivity contribution is 0.0600. The lowest BCUT2D eigenvalue weighted by Gasteiger charge is -1.94. The number of thiophene rings is 1. The third-order valence-corrected chi connectivity index (χ3v) is 2.12. The van der Waals surface area contributed by atoms with Crippen molar-refractivity contribution in [2.45, 2.75) is 20.8 Å². The maximum atomic E-state index is 10.9. The number of esters is 1. The van der Waals surface area contributed by atoms with Gasteiger partial charge in [-0.2, -0.15) is 11.3 Å². The van der Waals surface area contributed by atoms with E-state index in [1.807, 2.05) is 26.2 Å². The first-order valence-electron chi connectivity index (χ1n) is 3.87. The second-order valence-electron chi connectivity index (χ2n) is 1.96. The molecule has 68 valence electrons. The highest BCUT2D eigenvalue weighted by molar-refractivity contribution is 7.08. The van der Waals surface area contributed by atoms with E-state index in [0.717, 1.165) is 5.56 Å². The molecule has 0 fully saturated rings. The second kappa shape index (κ2) is 5.77. The van der Waals surface area contributed by atoms with Crippen LogP contribution in [0.25, 0.3) is 0 Å². The van der Waals surface area contributed by atoms with Crippen molar-refractivity contribution in [1.82, 2.24) is 0 Å². The third kappa shape index (κ3) is 2.66. The number of carbonyl (C=O) groups is 1. The normalized spacial score (nSPS) is 8.33. The molecule has 2 nitrogen and oxygen atoms in total. The zero-order chi connectivity index (χ0) is 9.56. The van der Waals surface area contributed by atoms with Crippen molar-refractivity contribution >= 4 is 17.3 Å². The van der Waals surface area contributed by atoms with Gasteiger partial charge in [0.2, 0.25) is 0 Å². The maximum Gasteiger partial charge on any atom is 0.338 e. The molecule has 0 saturated carbocycles. The molecular weight excluding hydrogens is 172 g/mol. The van der Waals surface area contributed by atoms with E-state index in [4.69, 9.17) is 0 Å². The Morgan fingerprint density at radius 3 is 2.33 bits per heavy atom. The number of ether oxygens (including phenoxy) is 1. The molecule has 0 N–H and O–H groups in total. The zero-order valence-corrected chi connectivity index (χ0v) is 8.70. The summed E-state index contributed by atoms with van der Waals surface area (Å²) >= 11 is 1.51. The molecule has 0 radical (unpaired) electrons. The molecule has 0 amide bonds. The van der Waals surface area contributed by atoms with Crippen LogP contribution in [0.1, 0.15) is 29.8 Å². The van der Waals surface area contributed by atoms with Gasteiger partial charge in [-0.05, 0) is 17.9 Å². The van der Waals surface area contributed by atoms with Crippen LogP contribution >= 0.6 is 11.3 Å². The van der Waals surface area contributed by atoms with Gasteiger partial charge in [0.05, 0.1) is 12.7 Å². The molecule has 12 heavy (non-hydrogen) atoms. The van der Waals surface area contributed by atoms with Crippen molar-refractivity contribution in [1.29, 1.82) is 0 Å². The number of rotatable bonds is 1. The van der Waals surface area contributed by atoms with Crippen LogP contribution in [0, 0.1) is 6.92 Å². The van der Waals surface area contributed by atoms with Crippen LogP contribution in [0.2, 0.25) is 0 Å². The Morgan fingerprint density at radius 1 is 1.42 bits per heavy atom. The Hall–Kier alpha value is -0.830. The molecule has 0 bridgehead atoms. The van der Waals surface area contributed by atoms with Crippen LogP contribution in [0.3, 0.4) is 0 Å². The van der Waals surface area contributed by atoms with Gasteiger partial charge in [-0.25, -0.2) is 4.79 Å². The van der Waals surface area contributed by atoms with Crippen LogP contribution in [-0.4, -0.2) is 13.1 Å². The minimum absolute atomic E-state index is 0.251. The van der Waals surface area contributed by atoms with Crippen molar-refractivity contribution in [2.75, 3.05) is 7.11 Å². The molecular formula is C9H14O2S. The molecule has 0 aliphatic carbocycles. The molecule has 0 saturated heterocycles. The van der Waals surface area contributed by atoms with Crippen molar-refractivity contribution in [3.63, 3.8) is 0 Å². The summed E-state index contributed by atoms with van der Waals surface area (Å²) < 4.78 is 4.54. The van der Waals surface area contributed by atoms with Gasteiger partial charge in [-0.1, -0.05) is 13.8 Å². The molecule has 1 heterocycles. The first-order valence-corrected chi connectivity index (χ1v) is 4.81. The standard InChI is InChI=1S/C7H8O2S.C2H6/c1-5-3-10-4-6(5)7(8)9-2;1-2/h3-4H,1-2H3;1-2H3. The van der Waals surface area contributed by atoms with Gasteiger partial charge in [-0.15, -0.1) is 0 Å². The van der Waals surface area contributed by atoms with E-state index in [0.29, 0.717) is 5.56 Å². The summed E-state index contributed by atoms with van der Waals surface area (Å²) in [5.74, 6) is -0.251. The van der Waals surface area contributed by atoms with Crippen LogP contribution < -0.4 is 0 Å². The summed E-state index contributed by atoms with van der Waals surface area (Å²) in [6, 6.07) is 0. The average molecular weight is 186 g/mol. The molecule has 1 aromatic rings.